The van der Waals surface area contributed by atoms with Crippen LogP contribution >= 0.6 is 11.3 Å². The number of fused-ring (bicyclic) bond motifs is 2. The maximum atomic E-state index is 13.1. The second-order valence-corrected chi connectivity index (χ2v) is 20.6. The number of benzene rings is 4. The first-order chi connectivity index (χ1) is 32.0. The summed E-state index contributed by atoms with van der Waals surface area (Å²) in [4.78, 5) is 38.1. The Balaban J connectivity index is 0.000000182. The molecule has 0 aliphatic carbocycles. The van der Waals surface area contributed by atoms with E-state index in [4.69, 9.17) is 0 Å². The molecule has 0 bridgehead atoms. The molecule has 19 heteroatoms. The summed E-state index contributed by atoms with van der Waals surface area (Å²) < 4.78 is 93.1. The van der Waals surface area contributed by atoms with Crippen molar-refractivity contribution in [3.8, 4) is 0 Å². The van der Waals surface area contributed by atoms with E-state index in [1.165, 1.54) is 35.6 Å². The Labute approximate surface area is 388 Å². The van der Waals surface area contributed by atoms with Crippen molar-refractivity contribution >= 4 is 64.2 Å². The number of thiophene rings is 1. The maximum Gasteiger partial charge on any atom is 0.416 e. The van der Waals surface area contributed by atoms with Crippen LogP contribution in [0, 0.1) is 0 Å². The van der Waals surface area contributed by atoms with Crippen molar-refractivity contribution in [1.29, 1.82) is 0 Å². The second kappa shape index (κ2) is 19.5. The number of pyridine rings is 2. The number of carbonyl (C=O) groups is 2. The normalized spacial score (nSPS) is 13.5. The number of halogens is 3. The standard InChI is InChI=1S/C26H27N5O3S.C22H15F3N2O3S2/c1-29-14-16-30(17-15-29)22-5-9-24(10-6-22)35(33,34)23-7-2-20(3-8-23)18-28-26(32)21-4-11-25-27-12-13-31(25)19-21;23-22(24,25)16-2-1-3-18(11-16)32(29,30)17-6-4-14(5-7-17)12-27-21(28)19-10-15-8-9-26-13-20(15)31-19/h2-13,19H,14-18H2,1H3,(H,28,32);1-11,13H,12H2,(H,27,28). The molecule has 1 fully saturated rings. The Morgan fingerprint density at radius 2 is 1.28 bits per heavy atom. The number of aromatic nitrogens is 3. The fourth-order valence-corrected chi connectivity index (χ4v) is 10.7. The molecule has 0 spiro atoms. The van der Waals surface area contributed by atoms with Gasteiger partial charge in [0.25, 0.3) is 11.8 Å². The predicted molar refractivity (Wildman–Crippen MR) is 249 cm³/mol. The lowest BCUT2D eigenvalue weighted by atomic mass is 10.2. The molecule has 0 radical (unpaired) electrons. The quantitative estimate of drug-likeness (QED) is 0.130. The summed E-state index contributed by atoms with van der Waals surface area (Å²) in [7, 11) is -5.64. The summed E-state index contributed by atoms with van der Waals surface area (Å²) in [6, 6.07) is 30.1. The van der Waals surface area contributed by atoms with Gasteiger partial charge < -0.3 is 24.8 Å². The monoisotopic (exact) mass is 965 g/mol. The zero-order chi connectivity index (χ0) is 47.3. The average molecular weight is 966 g/mol. The van der Waals surface area contributed by atoms with Gasteiger partial charge >= 0.3 is 6.18 Å². The summed E-state index contributed by atoms with van der Waals surface area (Å²) in [6.07, 6.45) is 3.87. The van der Waals surface area contributed by atoms with Gasteiger partial charge in [-0.05, 0) is 115 Å². The van der Waals surface area contributed by atoms with E-state index in [2.05, 4.69) is 37.4 Å². The molecule has 67 heavy (non-hydrogen) atoms. The zero-order valence-electron chi connectivity index (χ0n) is 35.7. The van der Waals surface area contributed by atoms with Crippen LogP contribution in [0.4, 0.5) is 18.9 Å². The van der Waals surface area contributed by atoms with Crippen LogP contribution in [-0.4, -0.2) is 81.1 Å². The fourth-order valence-electron chi connectivity index (χ4n) is 7.19. The van der Waals surface area contributed by atoms with Gasteiger partial charge in [-0.1, -0.05) is 30.3 Å². The van der Waals surface area contributed by atoms with E-state index >= 15 is 0 Å². The number of nitrogens with one attached hydrogen (secondary N) is 2. The maximum absolute atomic E-state index is 13.1. The Morgan fingerprint density at radius 1 is 0.687 bits per heavy atom. The number of anilines is 1. The Hall–Kier alpha value is -6.93. The summed E-state index contributed by atoms with van der Waals surface area (Å²) in [5, 5.41) is 6.56. The molecule has 13 nitrogen and oxygen atoms in total. The number of piperazine rings is 1. The van der Waals surface area contributed by atoms with Gasteiger partial charge in [-0.3, -0.25) is 14.6 Å². The Kier molecular flexibility index (Phi) is 13.6. The number of hydrogen-bond acceptors (Lipinski definition) is 11. The first kappa shape index (κ1) is 46.6. The Morgan fingerprint density at radius 3 is 1.90 bits per heavy atom. The van der Waals surface area contributed by atoms with Gasteiger partial charge in [-0.2, -0.15) is 13.2 Å². The summed E-state index contributed by atoms with van der Waals surface area (Å²) >= 11 is 1.31. The van der Waals surface area contributed by atoms with Crippen LogP contribution in [0.1, 0.15) is 36.7 Å². The topological polar surface area (TPSA) is 163 Å². The number of sulfone groups is 2. The minimum absolute atomic E-state index is 0.135. The van der Waals surface area contributed by atoms with Gasteiger partial charge in [-0.15, -0.1) is 11.3 Å². The minimum atomic E-state index is -4.64. The van der Waals surface area contributed by atoms with Crippen LogP contribution in [0.2, 0.25) is 0 Å². The SMILES string of the molecule is CN1CCN(c2ccc(S(=O)(=O)c3ccc(CNC(=O)c4ccc5nccn5c4)cc3)cc2)CC1.O=C(NCc1ccc(S(=O)(=O)c2cccc(C(F)(F)F)c2)cc1)c1cc2ccncc2s1. The van der Waals surface area contributed by atoms with Gasteiger partial charge in [0.05, 0.1) is 40.3 Å². The molecule has 5 heterocycles. The van der Waals surface area contributed by atoms with Crippen molar-refractivity contribution in [2.24, 2.45) is 0 Å². The molecule has 0 saturated carbocycles. The van der Waals surface area contributed by atoms with Crippen molar-refractivity contribution in [1.82, 2.24) is 29.9 Å². The predicted octanol–water partition coefficient (Wildman–Crippen LogP) is 7.93. The molecule has 8 aromatic rings. The second-order valence-electron chi connectivity index (χ2n) is 15.6. The molecule has 0 atom stereocenters. The number of amides is 2. The number of imidazole rings is 1. The van der Waals surface area contributed by atoms with E-state index in [0.717, 1.165) is 71.4 Å². The lowest BCUT2D eigenvalue weighted by Gasteiger charge is -2.34. The molecule has 4 aromatic carbocycles. The van der Waals surface area contributed by atoms with Gasteiger partial charge in [-0.25, -0.2) is 21.8 Å². The molecule has 2 N–H and O–H groups in total. The lowest BCUT2D eigenvalue weighted by molar-refractivity contribution is -0.137. The highest BCUT2D eigenvalue weighted by molar-refractivity contribution is 7.91. The lowest BCUT2D eigenvalue weighted by Crippen LogP contribution is -2.44. The number of rotatable bonds is 11. The third kappa shape index (κ3) is 10.9. The zero-order valence-corrected chi connectivity index (χ0v) is 38.2. The average Bonchev–Trinajstić information content (AvgIpc) is 4.01. The molecule has 344 valence electrons. The number of hydrogen-bond donors (Lipinski definition) is 2. The van der Waals surface area contributed by atoms with E-state index in [1.807, 2.05) is 18.2 Å². The van der Waals surface area contributed by atoms with Crippen LogP contribution in [0.15, 0.2) is 172 Å². The molecule has 2 amide bonds. The third-order valence-corrected chi connectivity index (χ3v) is 15.7. The van der Waals surface area contributed by atoms with E-state index in [9.17, 15) is 39.6 Å². The van der Waals surface area contributed by atoms with Crippen molar-refractivity contribution in [2.75, 3.05) is 38.1 Å². The molecular formula is C48H42F3N7O6S3. The summed E-state index contributed by atoms with van der Waals surface area (Å²) in [6.45, 7) is 4.30. The minimum Gasteiger partial charge on any atom is -0.369 e. The number of carbonyl (C=O) groups excluding carboxylic acids is 2. The van der Waals surface area contributed by atoms with Gasteiger partial charge in [0.2, 0.25) is 19.7 Å². The van der Waals surface area contributed by atoms with Crippen molar-refractivity contribution in [3.63, 3.8) is 0 Å². The van der Waals surface area contributed by atoms with Gasteiger partial charge in [0.15, 0.2) is 0 Å². The van der Waals surface area contributed by atoms with Crippen LogP contribution in [0.3, 0.4) is 0 Å². The molecule has 4 aromatic heterocycles. The smallest absolute Gasteiger partial charge is 0.369 e. The highest BCUT2D eigenvalue weighted by Gasteiger charge is 2.32. The first-order valence-corrected chi connectivity index (χ1v) is 24.5. The molecule has 1 saturated heterocycles. The van der Waals surface area contributed by atoms with Crippen molar-refractivity contribution in [3.05, 3.63) is 179 Å². The molecule has 1 aliphatic rings. The highest BCUT2D eigenvalue weighted by atomic mass is 32.2. The summed E-state index contributed by atoms with van der Waals surface area (Å²) in [5.74, 6) is -0.482. The van der Waals surface area contributed by atoms with Gasteiger partial charge in [0, 0.05) is 75.9 Å². The van der Waals surface area contributed by atoms with E-state index in [-0.39, 0.29) is 33.0 Å². The number of alkyl halides is 3. The van der Waals surface area contributed by atoms with Crippen LogP contribution < -0.4 is 15.5 Å². The fraction of sp³-hybridized carbons (Fsp3) is 0.167. The van der Waals surface area contributed by atoms with E-state index in [1.54, 1.807) is 90.0 Å². The Bertz CT molecular complexity index is 3250. The van der Waals surface area contributed by atoms with Crippen molar-refractivity contribution < 1.29 is 39.6 Å². The van der Waals surface area contributed by atoms with Crippen LogP contribution in [0.25, 0.3) is 15.7 Å². The van der Waals surface area contributed by atoms with Crippen LogP contribution in [0.5, 0.6) is 0 Å². The molecule has 9 rings (SSSR count). The van der Waals surface area contributed by atoms with Crippen LogP contribution in [-0.2, 0) is 38.9 Å². The third-order valence-electron chi connectivity index (χ3n) is 11.1. The van der Waals surface area contributed by atoms with E-state index in [0.29, 0.717) is 28.6 Å². The van der Waals surface area contributed by atoms with Gasteiger partial charge in [0.1, 0.15) is 5.65 Å². The molecule has 1 aliphatic heterocycles. The van der Waals surface area contributed by atoms with E-state index < -0.39 is 36.3 Å². The molecular weight excluding hydrogens is 924 g/mol. The van der Waals surface area contributed by atoms with Crippen molar-refractivity contribution in [2.45, 2.75) is 38.8 Å². The highest BCUT2D eigenvalue weighted by Crippen LogP contribution is 2.32. The molecule has 0 unspecified atom stereocenters. The largest absolute Gasteiger partial charge is 0.416 e. The first-order valence-electron chi connectivity index (χ1n) is 20.8. The number of nitrogens with zero attached hydrogens (tertiary/aromatic N) is 5. The summed E-state index contributed by atoms with van der Waals surface area (Å²) in [5.41, 5.74) is 2.75. The number of likely N-dealkylation sites (N-methyl/N-ethyl adjacent to an activating group) is 1.